The van der Waals surface area contributed by atoms with Gasteiger partial charge in [-0.1, -0.05) is 30.9 Å². The quantitative estimate of drug-likeness (QED) is 0.508. The topological polar surface area (TPSA) is 63.4 Å². The van der Waals surface area contributed by atoms with Gasteiger partial charge >= 0.3 is 0 Å². The number of nitro benzene ring substituents is 1. The number of benzene rings is 1. The van der Waals surface area contributed by atoms with Gasteiger partial charge in [0, 0.05) is 12.1 Å². The van der Waals surface area contributed by atoms with Crippen LogP contribution >= 0.6 is 0 Å². The summed E-state index contributed by atoms with van der Waals surface area (Å²) < 4.78 is 0. The average molecular weight is 251 g/mol. The first-order valence-corrected chi connectivity index (χ1v) is 8.92. The molecule has 17 heavy (non-hydrogen) atoms. The molecule has 0 aliphatic carbocycles. The summed E-state index contributed by atoms with van der Waals surface area (Å²) >= 11 is 0. The largest absolute Gasteiger partial charge is 0.392 e. The van der Waals surface area contributed by atoms with Gasteiger partial charge in [-0.2, -0.15) is 0 Å². The van der Waals surface area contributed by atoms with Crippen LogP contribution in [-0.2, 0) is 0 Å². The van der Waals surface area contributed by atoms with Crippen LogP contribution in [0.15, 0.2) is 30.3 Å². The van der Waals surface area contributed by atoms with Crippen molar-refractivity contribution in [2.75, 3.05) is 6.61 Å². The Kier molecular flexibility index (Phi) is 4.20. The molecule has 0 amide bonds. The van der Waals surface area contributed by atoms with Gasteiger partial charge in [-0.3, -0.25) is 10.1 Å². The van der Waals surface area contributed by atoms with Crippen molar-refractivity contribution >= 4 is 19.0 Å². The van der Waals surface area contributed by atoms with Crippen molar-refractivity contribution < 1.29 is 10.0 Å². The fourth-order valence-electron chi connectivity index (χ4n) is 1.71. The van der Waals surface area contributed by atoms with E-state index in [9.17, 15) is 10.1 Å². The molecule has 0 aliphatic heterocycles. The molecule has 0 heterocycles. The highest BCUT2D eigenvalue weighted by atomic mass is 28.3. The molecule has 0 unspecified atom stereocenters. The second-order valence-electron chi connectivity index (χ2n) is 4.85. The van der Waals surface area contributed by atoms with Crippen LogP contribution in [-0.4, -0.2) is 24.7 Å². The number of aliphatic hydroxyl groups is 1. The van der Waals surface area contributed by atoms with Crippen LogP contribution in [0.25, 0.3) is 5.20 Å². The van der Waals surface area contributed by atoms with E-state index in [0.29, 0.717) is 0 Å². The molecule has 92 valence electrons. The van der Waals surface area contributed by atoms with E-state index in [1.807, 2.05) is 0 Å². The molecule has 1 aromatic rings. The lowest BCUT2D eigenvalue weighted by Gasteiger charge is -2.21. The third kappa shape index (κ3) is 3.50. The maximum atomic E-state index is 10.6. The van der Waals surface area contributed by atoms with Crippen molar-refractivity contribution in [3.05, 3.63) is 46.0 Å². The van der Waals surface area contributed by atoms with E-state index in [0.717, 1.165) is 10.8 Å². The van der Waals surface area contributed by atoms with Gasteiger partial charge in [0.2, 0.25) is 0 Å². The molecule has 4 nitrogen and oxygen atoms in total. The number of nitro groups is 1. The summed E-state index contributed by atoms with van der Waals surface area (Å²) in [5.41, 5.74) is 1.05. The lowest BCUT2D eigenvalue weighted by atomic mass is 10.2. The molecule has 0 fully saturated rings. The van der Waals surface area contributed by atoms with E-state index in [1.54, 1.807) is 18.2 Å². The lowest BCUT2D eigenvalue weighted by Crippen LogP contribution is -2.23. The fraction of sp³-hybridized carbons (Fsp3) is 0.333. The van der Waals surface area contributed by atoms with E-state index >= 15 is 0 Å². The second kappa shape index (κ2) is 5.24. The number of hydrogen-bond donors (Lipinski definition) is 1. The van der Waals surface area contributed by atoms with Crippen LogP contribution in [0, 0.1) is 10.1 Å². The Labute approximate surface area is 102 Å². The number of aliphatic hydroxyl groups excluding tert-OH is 1. The monoisotopic (exact) mass is 251 g/mol. The Morgan fingerprint density at radius 1 is 1.35 bits per heavy atom. The Bertz CT molecular complexity index is 432. The van der Waals surface area contributed by atoms with Gasteiger partial charge in [-0.25, -0.2) is 0 Å². The number of rotatable bonds is 4. The molecule has 1 N–H and O–H groups in total. The first-order chi connectivity index (χ1) is 7.86. The predicted octanol–water partition coefficient (Wildman–Crippen LogP) is 2.85. The summed E-state index contributed by atoms with van der Waals surface area (Å²) in [6, 6.07) is 6.50. The van der Waals surface area contributed by atoms with Gasteiger partial charge in [0.1, 0.15) is 0 Å². The highest BCUT2D eigenvalue weighted by molar-refractivity contribution is 6.93. The van der Waals surface area contributed by atoms with Crippen molar-refractivity contribution in [3.63, 3.8) is 0 Å². The van der Waals surface area contributed by atoms with E-state index in [2.05, 4.69) is 19.6 Å². The third-order valence-corrected chi connectivity index (χ3v) is 4.60. The van der Waals surface area contributed by atoms with Crippen molar-refractivity contribution in [1.82, 2.24) is 0 Å². The van der Waals surface area contributed by atoms with Gasteiger partial charge in [0.15, 0.2) is 0 Å². The molecule has 0 bridgehead atoms. The molecular formula is C12H17NO3Si. The zero-order valence-electron chi connectivity index (χ0n) is 10.3. The van der Waals surface area contributed by atoms with E-state index in [4.69, 9.17) is 5.11 Å². The first kappa shape index (κ1) is 13.6. The van der Waals surface area contributed by atoms with Crippen LogP contribution < -0.4 is 0 Å². The molecule has 0 aliphatic rings. The van der Waals surface area contributed by atoms with E-state index in [-0.39, 0.29) is 12.3 Å². The Morgan fingerprint density at radius 2 is 1.88 bits per heavy atom. The molecule has 5 heteroatoms. The van der Waals surface area contributed by atoms with E-state index in [1.165, 1.54) is 12.1 Å². The van der Waals surface area contributed by atoms with Crippen LogP contribution in [0.3, 0.4) is 0 Å². The maximum Gasteiger partial charge on any atom is 0.269 e. The van der Waals surface area contributed by atoms with Crippen LogP contribution in [0.2, 0.25) is 19.6 Å². The SMILES string of the molecule is C[Si](C)(C)/C(=C\CO)c1ccc([N+](=O)[O-])cc1. The minimum absolute atomic E-state index is 0.00338. The summed E-state index contributed by atoms with van der Waals surface area (Å²) in [4.78, 5) is 10.2. The average Bonchev–Trinajstić information content (AvgIpc) is 2.24. The van der Waals surface area contributed by atoms with Crippen molar-refractivity contribution in [1.29, 1.82) is 0 Å². The smallest absolute Gasteiger partial charge is 0.269 e. The van der Waals surface area contributed by atoms with Gasteiger partial charge in [0.25, 0.3) is 5.69 Å². The normalized spacial score (nSPS) is 12.6. The number of nitrogens with zero attached hydrogens (tertiary/aromatic N) is 1. The summed E-state index contributed by atoms with van der Waals surface area (Å²) in [7, 11) is -1.56. The van der Waals surface area contributed by atoms with Crippen LogP contribution in [0.4, 0.5) is 5.69 Å². The Balaban J connectivity index is 3.13. The summed E-state index contributed by atoms with van der Waals surface area (Å²) in [5.74, 6) is 0. The minimum Gasteiger partial charge on any atom is -0.392 e. The molecule has 0 saturated heterocycles. The second-order valence-corrected chi connectivity index (χ2v) is 9.89. The highest BCUT2D eigenvalue weighted by Crippen LogP contribution is 2.27. The highest BCUT2D eigenvalue weighted by Gasteiger charge is 2.21. The van der Waals surface area contributed by atoms with Gasteiger partial charge in [-0.15, -0.1) is 0 Å². The van der Waals surface area contributed by atoms with Gasteiger partial charge in [-0.05, 0) is 17.7 Å². The fourth-order valence-corrected chi connectivity index (χ4v) is 3.45. The molecule has 0 atom stereocenters. The van der Waals surface area contributed by atoms with Gasteiger partial charge < -0.3 is 5.11 Å². The molecule has 1 aromatic carbocycles. The van der Waals surface area contributed by atoms with Crippen molar-refractivity contribution in [2.45, 2.75) is 19.6 Å². The maximum absolute atomic E-state index is 10.6. The predicted molar refractivity (Wildman–Crippen MR) is 71.5 cm³/mol. The standard InChI is InChI=1S/C12H17NO3Si/c1-17(2,3)12(8-9-14)10-4-6-11(7-5-10)13(15)16/h4-8,14H,9H2,1-3H3/b12-8-. The Hall–Kier alpha value is -1.46. The summed E-state index contributed by atoms with van der Waals surface area (Å²) in [6.07, 6.45) is 1.80. The third-order valence-electron chi connectivity index (χ3n) is 2.49. The van der Waals surface area contributed by atoms with Gasteiger partial charge in [0.05, 0.1) is 19.6 Å². The zero-order valence-corrected chi connectivity index (χ0v) is 11.3. The molecular weight excluding hydrogens is 234 g/mol. The molecule has 0 saturated carbocycles. The minimum atomic E-state index is -1.56. The van der Waals surface area contributed by atoms with Crippen LogP contribution in [0.5, 0.6) is 0 Å². The van der Waals surface area contributed by atoms with Crippen LogP contribution in [0.1, 0.15) is 5.56 Å². The molecule has 0 radical (unpaired) electrons. The molecule has 0 aromatic heterocycles. The number of hydrogen-bond acceptors (Lipinski definition) is 3. The Morgan fingerprint density at radius 3 is 2.24 bits per heavy atom. The first-order valence-electron chi connectivity index (χ1n) is 5.42. The summed E-state index contributed by atoms with van der Waals surface area (Å²) in [5, 5.41) is 20.7. The molecule has 1 rings (SSSR count). The van der Waals surface area contributed by atoms with E-state index < -0.39 is 13.0 Å². The zero-order chi connectivity index (χ0) is 13.1. The number of non-ortho nitro benzene ring substituents is 1. The summed E-state index contributed by atoms with van der Waals surface area (Å²) in [6.45, 7) is 6.53. The van der Waals surface area contributed by atoms with Crippen molar-refractivity contribution in [3.8, 4) is 0 Å². The molecule has 0 spiro atoms. The van der Waals surface area contributed by atoms with Crippen molar-refractivity contribution in [2.24, 2.45) is 0 Å². The lowest BCUT2D eigenvalue weighted by molar-refractivity contribution is -0.384.